The predicted octanol–water partition coefficient (Wildman–Crippen LogP) is 5.76. The Morgan fingerprint density at radius 1 is 1.08 bits per heavy atom. The molecule has 0 atom stereocenters. The molecule has 0 bridgehead atoms. The van der Waals surface area contributed by atoms with E-state index in [9.17, 15) is 13.6 Å². The van der Waals surface area contributed by atoms with Crippen LogP contribution in [0.4, 0.5) is 14.5 Å². The summed E-state index contributed by atoms with van der Waals surface area (Å²) < 4.78 is 36.3. The summed E-state index contributed by atoms with van der Waals surface area (Å²) >= 11 is 0. The molecule has 0 radical (unpaired) electrons. The fourth-order valence-corrected chi connectivity index (χ4v) is 4.46. The third-order valence-electron chi connectivity index (χ3n) is 6.55. The Bertz CT molecular complexity index is 1660. The highest BCUT2D eigenvalue weighted by atomic mass is 19.3. The third-order valence-corrected chi connectivity index (χ3v) is 6.55. The van der Waals surface area contributed by atoms with Crippen LogP contribution in [-0.2, 0) is 6.54 Å². The van der Waals surface area contributed by atoms with E-state index in [4.69, 9.17) is 4.74 Å². The van der Waals surface area contributed by atoms with Gasteiger partial charge in [0, 0.05) is 5.56 Å². The van der Waals surface area contributed by atoms with Gasteiger partial charge in [-0.1, -0.05) is 36.4 Å². The standard InChI is InChI=1S/C28H26F2N6O2/c1-16-9-5-6-10-19(16)15-35-18(3)25(17(2)34-35)33-28(37)21-14-31-36-23(26(29)30)13-22(32-27(21)36)20-11-7-8-12-24(20)38-4/h5-14,26H,15H2,1-4H3,(H,33,37). The van der Waals surface area contributed by atoms with Crippen molar-refractivity contribution in [1.82, 2.24) is 24.4 Å². The van der Waals surface area contributed by atoms with Gasteiger partial charge in [-0.15, -0.1) is 0 Å². The Hall–Kier alpha value is -4.60. The maximum atomic E-state index is 14.0. The number of aromatic nitrogens is 5. The molecule has 38 heavy (non-hydrogen) atoms. The minimum absolute atomic E-state index is 0.0174. The molecule has 0 aliphatic heterocycles. The number of halogens is 2. The number of nitrogens with zero attached hydrogens (tertiary/aromatic N) is 5. The molecule has 0 fully saturated rings. The Kier molecular flexibility index (Phi) is 6.62. The van der Waals surface area contributed by atoms with Crippen molar-refractivity contribution < 1.29 is 18.3 Å². The van der Waals surface area contributed by atoms with Gasteiger partial charge in [-0.25, -0.2) is 18.3 Å². The molecule has 0 saturated carbocycles. The van der Waals surface area contributed by atoms with Crippen LogP contribution in [0.15, 0.2) is 60.8 Å². The SMILES string of the molecule is COc1ccccc1-c1cc(C(F)F)n2ncc(C(=O)Nc3c(C)nn(Cc4ccccc4C)c3C)c2n1. The summed E-state index contributed by atoms with van der Waals surface area (Å²) in [6.45, 7) is 6.26. The quantitative estimate of drug-likeness (QED) is 0.297. The number of amides is 1. The van der Waals surface area contributed by atoms with E-state index in [-0.39, 0.29) is 22.6 Å². The molecule has 2 aromatic carbocycles. The molecule has 0 spiro atoms. The van der Waals surface area contributed by atoms with Crippen molar-refractivity contribution in [2.75, 3.05) is 12.4 Å². The van der Waals surface area contributed by atoms with Gasteiger partial charge in [-0.2, -0.15) is 10.2 Å². The van der Waals surface area contributed by atoms with E-state index in [0.717, 1.165) is 21.3 Å². The summed E-state index contributed by atoms with van der Waals surface area (Å²) in [4.78, 5) is 18.0. The number of benzene rings is 2. The molecular formula is C28H26F2N6O2. The van der Waals surface area contributed by atoms with Crippen molar-refractivity contribution >= 4 is 17.2 Å². The second kappa shape index (κ2) is 10.0. The number of hydrogen-bond donors (Lipinski definition) is 1. The number of carbonyl (C=O) groups is 1. The summed E-state index contributed by atoms with van der Waals surface area (Å²) in [7, 11) is 1.49. The first-order chi connectivity index (χ1) is 18.3. The highest BCUT2D eigenvalue weighted by Crippen LogP contribution is 2.32. The molecule has 0 aliphatic carbocycles. The van der Waals surface area contributed by atoms with Crippen molar-refractivity contribution in [1.29, 1.82) is 0 Å². The van der Waals surface area contributed by atoms with Crippen molar-refractivity contribution in [3.63, 3.8) is 0 Å². The van der Waals surface area contributed by atoms with Gasteiger partial charge < -0.3 is 10.1 Å². The molecule has 1 amide bonds. The molecule has 3 aromatic heterocycles. The summed E-state index contributed by atoms with van der Waals surface area (Å²) in [5.41, 5.74) is 4.69. The molecular weight excluding hydrogens is 490 g/mol. The topological polar surface area (TPSA) is 86.3 Å². The summed E-state index contributed by atoms with van der Waals surface area (Å²) in [5.74, 6) is -0.0473. The van der Waals surface area contributed by atoms with Crippen LogP contribution in [0.25, 0.3) is 16.9 Å². The smallest absolute Gasteiger partial charge is 0.280 e. The van der Waals surface area contributed by atoms with Gasteiger partial charge in [0.05, 0.1) is 42.6 Å². The van der Waals surface area contributed by atoms with Crippen LogP contribution in [-0.4, -0.2) is 37.4 Å². The zero-order valence-corrected chi connectivity index (χ0v) is 21.4. The second-order valence-corrected chi connectivity index (χ2v) is 8.94. The monoisotopic (exact) mass is 516 g/mol. The van der Waals surface area contributed by atoms with Crippen LogP contribution in [0.5, 0.6) is 5.75 Å². The van der Waals surface area contributed by atoms with Crippen molar-refractivity contribution in [2.45, 2.75) is 33.7 Å². The van der Waals surface area contributed by atoms with Gasteiger partial charge in [-0.05, 0) is 50.1 Å². The number of fused-ring (bicyclic) bond motifs is 1. The number of methoxy groups -OCH3 is 1. The fraction of sp³-hybridized carbons (Fsp3) is 0.214. The Balaban J connectivity index is 1.53. The van der Waals surface area contributed by atoms with Crippen LogP contribution in [0.1, 0.15) is 45.0 Å². The molecule has 3 heterocycles. The fourth-order valence-electron chi connectivity index (χ4n) is 4.46. The lowest BCUT2D eigenvalue weighted by atomic mass is 10.1. The Morgan fingerprint density at radius 2 is 1.82 bits per heavy atom. The van der Waals surface area contributed by atoms with Gasteiger partial charge in [0.25, 0.3) is 12.3 Å². The molecule has 5 aromatic rings. The zero-order chi connectivity index (χ0) is 27.0. The zero-order valence-electron chi connectivity index (χ0n) is 21.4. The predicted molar refractivity (Wildman–Crippen MR) is 140 cm³/mol. The number of hydrogen-bond acceptors (Lipinski definition) is 5. The Labute approximate surface area is 217 Å². The maximum Gasteiger partial charge on any atom is 0.280 e. The van der Waals surface area contributed by atoms with Gasteiger partial charge in [0.15, 0.2) is 5.65 Å². The summed E-state index contributed by atoms with van der Waals surface area (Å²) in [6.07, 6.45) is -1.59. The van der Waals surface area contributed by atoms with Gasteiger partial charge >= 0.3 is 0 Å². The number of ether oxygens (including phenoxy) is 1. The minimum Gasteiger partial charge on any atom is -0.496 e. The van der Waals surface area contributed by atoms with Crippen LogP contribution in [0.3, 0.4) is 0 Å². The average molecular weight is 517 g/mol. The molecule has 0 unspecified atom stereocenters. The van der Waals surface area contributed by atoms with E-state index >= 15 is 0 Å². The Morgan fingerprint density at radius 3 is 2.55 bits per heavy atom. The largest absolute Gasteiger partial charge is 0.496 e. The lowest BCUT2D eigenvalue weighted by molar-refractivity contribution is 0.102. The van der Waals surface area contributed by atoms with E-state index in [1.807, 2.05) is 42.8 Å². The molecule has 194 valence electrons. The third kappa shape index (κ3) is 4.49. The molecule has 0 saturated heterocycles. The van der Waals surface area contributed by atoms with E-state index in [0.29, 0.717) is 29.2 Å². The normalized spacial score (nSPS) is 11.3. The van der Waals surface area contributed by atoms with E-state index in [2.05, 4.69) is 20.5 Å². The number of alkyl halides is 2. The van der Waals surface area contributed by atoms with E-state index in [1.165, 1.54) is 19.4 Å². The highest BCUT2D eigenvalue weighted by Gasteiger charge is 2.24. The number of anilines is 1. The van der Waals surface area contributed by atoms with E-state index < -0.39 is 12.3 Å². The number of para-hydroxylation sites is 1. The number of carbonyl (C=O) groups excluding carboxylic acids is 1. The van der Waals surface area contributed by atoms with Crippen LogP contribution < -0.4 is 10.1 Å². The van der Waals surface area contributed by atoms with Gasteiger partial charge in [-0.3, -0.25) is 9.48 Å². The molecule has 8 nitrogen and oxygen atoms in total. The number of nitrogens with one attached hydrogen (secondary N) is 1. The van der Waals surface area contributed by atoms with E-state index in [1.54, 1.807) is 31.2 Å². The number of aryl methyl sites for hydroxylation is 2. The minimum atomic E-state index is -2.84. The lowest BCUT2D eigenvalue weighted by Gasteiger charge is -2.11. The first-order valence-electron chi connectivity index (χ1n) is 12.0. The van der Waals surface area contributed by atoms with Crippen LogP contribution in [0, 0.1) is 20.8 Å². The number of rotatable bonds is 7. The summed E-state index contributed by atoms with van der Waals surface area (Å²) in [6, 6.07) is 16.3. The molecule has 0 aliphatic rings. The molecule has 10 heteroatoms. The first kappa shape index (κ1) is 25.1. The highest BCUT2D eigenvalue weighted by molar-refractivity contribution is 6.08. The molecule has 5 rings (SSSR count). The van der Waals surface area contributed by atoms with Crippen LogP contribution in [0.2, 0.25) is 0 Å². The summed E-state index contributed by atoms with van der Waals surface area (Å²) in [5, 5.41) is 11.6. The maximum absolute atomic E-state index is 14.0. The second-order valence-electron chi connectivity index (χ2n) is 8.94. The van der Waals surface area contributed by atoms with Crippen molar-refractivity contribution in [3.8, 4) is 17.0 Å². The average Bonchev–Trinajstić information content (AvgIpc) is 3.45. The first-order valence-corrected chi connectivity index (χ1v) is 12.0. The van der Waals surface area contributed by atoms with Gasteiger partial charge in [0.2, 0.25) is 0 Å². The molecule has 1 N–H and O–H groups in total. The van der Waals surface area contributed by atoms with Gasteiger partial charge in [0.1, 0.15) is 17.0 Å². The lowest BCUT2D eigenvalue weighted by Crippen LogP contribution is -2.14. The van der Waals surface area contributed by atoms with Crippen molar-refractivity contribution in [2.24, 2.45) is 0 Å². The van der Waals surface area contributed by atoms with Crippen molar-refractivity contribution in [3.05, 3.63) is 94.6 Å². The van der Waals surface area contributed by atoms with Crippen LogP contribution >= 0.6 is 0 Å².